The van der Waals surface area contributed by atoms with Crippen molar-refractivity contribution >= 4 is 28.2 Å². The molecule has 0 fully saturated rings. The van der Waals surface area contributed by atoms with Gasteiger partial charge in [-0.1, -0.05) is 36.4 Å². The molecule has 0 radical (unpaired) electrons. The van der Waals surface area contributed by atoms with Crippen LogP contribution in [-0.4, -0.2) is 36.2 Å². The van der Waals surface area contributed by atoms with E-state index in [0.717, 1.165) is 21.8 Å². The Morgan fingerprint density at radius 3 is 3.07 bits per heavy atom. The van der Waals surface area contributed by atoms with Crippen molar-refractivity contribution in [2.75, 3.05) is 31.3 Å². The van der Waals surface area contributed by atoms with Crippen molar-refractivity contribution in [1.29, 1.82) is 0 Å². The van der Waals surface area contributed by atoms with E-state index in [0.29, 0.717) is 6.61 Å². The molecule has 1 heterocycles. The van der Waals surface area contributed by atoms with Gasteiger partial charge in [-0.2, -0.15) is 0 Å². The maximum Gasteiger partial charge on any atom is 0.206 e. The largest absolute Gasteiger partial charge is 0.383 e. The molecule has 0 saturated heterocycles. The van der Waals surface area contributed by atoms with Crippen molar-refractivity contribution in [3.05, 3.63) is 0 Å². The van der Waals surface area contributed by atoms with Crippen LogP contribution < -0.4 is 5.32 Å². The first-order valence-corrected chi connectivity index (χ1v) is 6.86. The van der Waals surface area contributed by atoms with E-state index in [4.69, 9.17) is 4.74 Å². The number of hydrogen-bond donors (Lipinski definition) is 1. The summed E-state index contributed by atoms with van der Waals surface area (Å²) >= 11 is 3.39. The minimum atomic E-state index is 0.692. The fraction of sp³-hybridized carbons (Fsp3) is 0.778. The van der Waals surface area contributed by atoms with Crippen LogP contribution >= 0.6 is 23.1 Å². The minimum absolute atomic E-state index is 0.692. The molecule has 0 aliphatic carbocycles. The van der Waals surface area contributed by atoms with Crippen LogP contribution in [0, 0.1) is 0 Å². The van der Waals surface area contributed by atoms with E-state index in [-0.39, 0.29) is 0 Å². The summed E-state index contributed by atoms with van der Waals surface area (Å²) in [5, 5.41) is 12.2. The Bertz CT molecular complexity index is 243. The molecule has 4 nitrogen and oxygen atoms in total. The summed E-state index contributed by atoms with van der Waals surface area (Å²) in [5.74, 6) is 1.13. The Labute approximate surface area is 98.8 Å². The monoisotopic (exact) mass is 247 g/mol. The zero-order chi connectivity index (χ0) is 10.9. The number of nitrogens with zero attached hydrogens (tertiary/aromatic N) is 2. The van der Waals surface area contributed by atoms with Crippen LogP contribution in [0.3, 0.4) is 0 Å². The van der Waals surface area contributed by atoms with Gasteiger partial charge in [-0.25, -0.2) is 0 Å². The van der Waals surface area contributed by atoms with Crippen molar-refractivity contribution in [3.8, 4) is 0 Å². The number of aromatic nitrogens is 2. The number of nitrogens with one attached hydrogen (secondary N) is 1. The van der Waals surface area contributed by atoms with Gasteiger partial charge in [0.05, 0.1) is 6.61 Å². The van der Waals surface area contributed by atoms with Gasteiger partial charge in [-0.15, -0.1) is 10.2 Å². The number of ether oxygens (including phenoxy) is 1. The van der Waals surface area contributed by atoms with Gasteiger partial charge in [0.2, 0.25) is 5.13 Å². The van der Waals surface area contributed by atoms with Gasteiger partial charge in [0.25, 0.3) is 0 Å². The topological polar surface area (TPSA) is 47.0 Å². The van der Waals surface area contributed by atoms with Crippen molar-refractivity contribution in [3.63, 3.8) is 0 Å². The number of anilines is 1. The molecule has 1 N–H and O–H groups in total. The van der Waals surface area contributed by atoms with Gasteiger partial charge in [0, 0.05) is 19.4 Å². The zero-order valence-electron chi connectivity index (χ0n) is 9.15. The summed E-state index contributed by atoms with van der Waals surface area (Å²) in [7, 11) is 1.69. The average Bonchev–Trinajstić information content (AvgIpc) is 2.67. The van der Waals surface area contributed by atoms with Crippen LogP contribution in [0.5, 0.6) is 0 Å². The highest BCUT2D eigenvalue weighted by Gasteiger charge is 2.03. The molecule has 0 unspecified atom stereocenters. The standard InChI is InChI=1S/C9H17N3OS2/c1-3-4-7-14-9-12-11-8(15-9)10-5-6-13-2/h3-7H2,1-2H3,(H,10,11). The van der Waals surface area contributed by atoms with E-state index in [1.54, 1.807) is 30.2 Å². The second-order valence-electron chi connectivity index (χ2n) is 2.99. The van der Waals surface area contributed by atoms with Crippen molar-refractivity contribution in [1.82, 2.24) is 10.2 Å². The van der Waals surface area contributed by atoms with Crippen LogP contribution in [0.15, 0.2) is 4.34 Å². The highest BCUT2D eigenvalue weighted by Crippen LogP contribution is 2.25. The Morgan fingerprint density at radius 1 is 1.47 bits per heavy atom. The van der Waals surface area contributed by atoms with Crippen LogP contribution in [0.2, 0.25) is 0 Å². The van der Waals surface area contributed by atoms with Gasteiger partial charge < -0.3 is 10.1 Å². The van der Waals surface area contributed by atoms with Crippen LogP contribution in [0.25, 0.3) is 0 Å². The minimum Gasteiger partial charge on any atom is -0.383 e. The second kappa shape index (κ2) is 7.90. The maximum absolute atomic E-state index is 4.94. The highest BCUT2D eigenvalue weighted by molar-refractivity contribution is 8.01. The number of rotatable bonds is 8. The first kappa shape index (κ1) is 12.7. The van der Waals surface area contributed by atoms with Gasteiger partial charge in [0.1, 0.15) is 0 Å². The molecule has 1 aromatic rings. The Hall–Kier alpha value is -0.330. The van der Waals surface area contributed by atoms with Gasteiger partial charge >= 0.3 is 0 Å². The molecular formula is C9H17N3OS2. The highest BCUT2D eigenvalue weighted by atomic mass is 32.2. The number of unbranched alkanes of at least 4 members (excludes halogenated alkanes) is 1. The van der Waals surface area contributed by atoms with E-state index < -0.39 is 0 Å². The van der Waals surface area contributed by atoms with Crippen molar-refractivity contribution < 1.29 is 4.74 Å². The predicted molar refractivity (Wildman–Crippen MR) is 65.9 cm³/mol. The first-order valence-electron chi connectivity index (χ1n) is 5.06. The molecule has 0 atom stereocenters. The van der Waals surface area contributed by atoms with Gasteiger partial charge in [0.15, 0.2) is 4.34 Å². The van der Waals surface area contributed by atoms with Gasteiger partial charge in [-0.3, -0.25) is 0 Å². The molecule has 15 heavy (non-hydrogen) atoms. The quantitative estimate of drug-likeness (QED) is 0.565. The molecule has 1 rings (SSSR count). The molecule has 0 aliphatic rings. The van der Waals surface area contributed by atoms with Crippen LogP contribution in [0.4, 0.5) is 5.13 Å². The SMILES string of the molecule is CCCCSc1nnc(NCCOC)s1. The van der Waals surface area contributed by atoms with Gasteiger partial charge in [-0.05, 0) is 6.42 Å². The summed E-state index contributed by atoms with van der Waals surface area (Å²) in [6.45, 7) is 3.67. The smallest absolute Gasteiger partial charge is 0.206 e. The fourth-order valence-electron chi connectivity index (χ4n) is 0.903. The zero-order valence-corrected chi connectivity index (χ0v) is 10.8. The molecule has 0 aliphatic heterocycles. The van der Waals surface area contributed by atoms with E-state index in [9.17, 15) is 0 Å². The molecule has 0 spiro atoms. The molecule has 0 aromatic carbocycles. The lowest BCUT2D eigenvalue weighted by Crippen LogP contribution is -2.06. The van der Waals surface area contributed by atoms with E-state index in [1.165, 1.54) is 12.8 Å². The second-order valence-corrected chi connectivity index (χ2v) is 5.31. The number of methoxy groups -OCH3 is 1. The fourth-order valence-corrected chi connectivity index (χ4v) is 2.84. The molecular weight excluding hydrogens is 230 g/mol. The Morgan fingerprint density at radius 2 is 2.33 bits per heavy atom. The predicted octanol–water partition coefficient (Wildman–Crippen LogP) is 2.49. The number of thioether (sulfide) groups is 1. The molecule has 0 bridgehead atoms. The Kier molecular flexibility index (Phi) is 6.71. The van der Waals surface area contributed by atoms with E-state index in [2.05, 4.69) is 22.4 Å². The third-order valence-corrected chi connectivity index (χ3v) is 3.81. The maximum atomic E-state index is 4.94. The lowest BCUT2D eigenvalue weighted by molar-refractivity contribution is 0.211. The van der Waals surface area contributed by atoms with E-state index >= 15 is 0 Å². The summed E-state index contributed by atoms with van der Waals surface area (Å²) < 4.78 is 5.98. The third kappa shape index (κ3) is 5.34. The summed E-state index contributed by atoms with van der Waals surface area (Å²) in [6.07, 6.45) is 2.46. The lowest BCUT2D eigenvalue weighted by Gasteiger charge is -1.98. The summed E-state index contributed by atoms with van der Waals surface area (Å²) in [6, 6.07) is 0. The summed E-state index contributed by atoms with van der Waals surface area (Å²) in [5.41, 5.74) is 0. The molecule has 0 amide bonds. The van der Waals surface area contributed by atoms with Crippen molar-refractivity contribution in [2.45, 2.75) is 24.1 Å². The lowest BCUT2D eigenvalue weighted by atomic mass is 10.4. The third-order valence-electron chi connectivity index (χ3n) is 1.71. The molecule has 86 valence electrons. The summed E-state index contributed by atoms with van der Waals surface area (Å²) in [4.78, 5) is 0. The molecule has 0 saturated carbocycles. The first-order chi connectivity index (χ1) is 7.36. The molecule has 1 aromatic heterocycles. The number of hydrogen-bond acceptors (Lipinski definition) is 6. The molecule has 6 heteroatoms. The Balaban J connectivity index is 2.23. The average molecular weight is 247 g/mol. The van der Waals surface area contributed by atoms with E-state index in [1.807, 2.05) is 0 Å². The van der Waals surface area contributed by atoms with Crippen LogP contribution in [0.1, 0.15) is 19.8 Å². The van der Waals surface area contributed by atoms with Crippen molar-refractivity contribution in [2.24, 2.45) is 0 Å². The van der Waals surface area contributed by atoms with Crippen LogP contribution in [-0.2, 0) is 4.74 Å². The normalized spacial score (nSPS) is 10.5.